The number of rotatable bonds is 12. The number of carbonyl (C=O) groups is 1. The van der Waals surface area contributed by atoms with Crippen LogP contribution in [0.15, 0.2) is 77.0 Å². The summed E-state index contributed by atoms with van der Waals surface area (Å²) in [5, 5.41) is 16.0. The monoisotopic (exact) mass is 567 g/mol. The standard InChI is InChI=1S/C26H26ClN7O4S/c1-36-20-11-12-23(37-2)21(13-20)30-24(35)16-39-26-33-32-25(34(26)28)31-29-14-18-5-3-4-6-22(18)38-15-17-7-9-19(27)10-8-17/h3-14H,15-16,28H2,1-2H3,(H,30,35)(H,31,32)/b29-14+. The van der Waals surface area contributed by atoms with E-state index in [0.29, 0.717) is 39.7 Å². The van der Waals surface area contributed by atoms with Crippen molar-refractivity contribution in [2.45, 2.75) is 11.8 Å². The highest BCUT2D eigenvalue weighted by molar-refractivity contribution is 7.99. The van der Waals surface area contributed by atoms with E-state index < -0.39 is 0 Å². The van der Waals surface area contributed by atoms with E-state index in [1.54, 1.807) is 31.5 Å². The zero-order chi connectivity index (χ0) is 27.6. The van der Waals surface area contributed by atoms with Gasteiger partial charge in [0.15, 0.2) is 0 Å². The van der Waals surface area contributed by atoms with Gasteiger partial charge in [-0.3, -0.25) is 4.79 Å². The van der Waals surface area contributed by atoms with Gasteiger partial charge in [0, 0.05) is 16.7 Å². The molecule has 0 aliphatic carbocycles. The number of benzene rings is 3. The maximum absolute atomic E-state index is 12.5. The van der Waals surface area contributed by atoms with Gasteiger partial charge >= 0.3 is 0 Å². The lowest BCUT2D eigenvalue weighted by Gasteiger charge is -2.11. The number of aromatic nitrogens is 3. The van der Waals surface area contributed by atoms with Crippen molar-refractivity contribution in [1.29, 1.82) is 0 Å². The molecule has 3 aromatic carbocycles. The number of amides is 1. The van der Waals surface area contributed by atoms with Crippen LogP contribution in [-0.4, -0.2) is 47.0 Å². The first-order valence-electron chi connectivity index (χ1n) is 11.6. The third-order valence-corrected chi connectivity index (χ3v) is 6.47. The number of nitrogen functional groups attached to an aromatic ring is 1. The van der Waals surface area contributed by atoms with E-state index in [2.05, 4.69) is 26.0 Å². The van der Waals surface area contributed by atoms with Gasteiger partial charge in [-0.2, -0.15) is 5.10 Å². The number of nitrogens with two attached hydrogens (primary N) is 1. The number of methoxy groups -OCH3 is 2. The van der Waals surface area contributed by atoms with E-state index in [0.717, 1.165) is 22.9 Å². The van der Waals surface area contributed by atoms with Crippen molar-refractivity contribution in [3.63, 3.8) is 0 Å². The van der Waals surface area contributed by atoms with Crippen molar-refractivity contribution in [1.82, 2.24) is 14.9 Å². The number of nitrogens with one attached hydrogen (secondary N) is 2. The van der Waals surface area contributed by atoms with E-state index in [-0.39, 0.29) is 17.6 Å². The highest BCUT2D eigenvalue weighted by Gasteiger charge is 2.14. The number of carbonyl (C=O) groups excluding carboxylic acids is 1. The van der Waals surface area contributed by atoms with Crippen LogP contribution < -0.4 is 30.8 Å². The molecule has 11 nitrogen and oxygen atoms in total. The predicted octanol–water partition coefficient (Wildman–Crippen LogP) is 4.42. The molecule has 4 N–H and O–H groups in total. The molecule has 0 bridgehead atoms. The minimum Gasteiger partial charge on any atom is -0.497 e. The lowest BCUT2D eigenvalue weighted by atomic mass is 10.2. The molecule has 0 saturated carbocycles. The van der Waals surface area contributed by atoms with Crippen LogP contribution in [0.5, 0.6) is 17.2 Å². The topological polar surface area (TPSA) is 138 Å². The summed E-state index contributed by atoms with van der Waals surface area (Å²) >= 11 is 7.06. The van der Waals surface area contributed by atoms with Crippen molar-refractivity contribution in [2.75, 3.05) is 36.6 Å². The Labute approximate surface area is 234 Å². The Balaban J connectivity index is 1.32. The molecule has 0 atom stereocenters. The van der Waals surface area contributed by atoms with Gasteiger partial charge in [0.05, 0.1) is 31.9 Å². The number of nitrogens with zero attached hydrogens (tertiary/aromatic N) is 4. The number of hydrogen-bond donors (Lipinski definition) is 3. The molecule has 0 aliphatic heterocycles. The lowest BCUT2D eigenvalue weighted by Crippen LogP contribution is -2.17. The normalized spacial score (nSPS) is 10.8. The molecule has 0 aliphatic rings. The maximum Gasteiger partial charge on any atom is 0.264 e. The van der Waals surface area contributed by atoms with Gasteiger partial charge in [-0.1, -0.05) is 47.6 Å². The van der Waals surface area contributed by atoms with Crippen molar-refractivity contribution >= 4 is 47.1 Å². The molecule has 0 unspecified atom stereocenters. The Morgan fingerprint density at radius 1 is 1.08 bits per heavy atom. The molecule has 202 valence electrons. The fourth-order valence-corrected chi connectivity index (χ4v) is 4.08. The highest BCUT2D eigenvalue weighted by Crippen LogP contribution is 2.29. The van der Waals surface area contributed by atoms with Gasteiger partial charge in [0.2, 0.25) is 11.1 Å². The van der Waals surface area contributed by atoms with Gasteiger partial charge in [0.25, 0.3) is 5.95 Å². The zero-order valence-corrected chi connectivity index (χ0v) is 22.7. The minimum absolute atomic E-state index is 0.0390. The van der Waals surface area contributed by atoms with Crippen LogP contribution >= 0.6 is 23.4 Å². The summed E-state index contributed by atoms with van der Waals surface area (Å²) in [5.41, 5.74) is 4.99. The average molecular weight is 568 g/mol. The molecular weight excluding hydrogens is 542 g/mol. The van der Waals surface area contributed by atoms with Gasteiger partial charge in [-0.25, -0.2) is 10.1 Å². The van der Waals surface area contributed by atoms with Gasteiger partial charge in [-0.15, -0.1) is 10.2 Å². The Hall–Kier alpha value is -4.42. The number of halogens is 1. The summed E-state index contributed by atoms with van der Waals surface area (Å²) in [6.07, 6.45) is 1.59. The number of hydrazone groups is 1. The van der Waals surface area contributed by atoms with Crippen LogP contribution in [0.25, 0.3) is 0 Å². The average Bonchev–Trinajstić information content (AvgIpc) is 3.31. The predicted molar refractivity (Wildman–Crippen MR) is 153 cm³/mol. The van der Waals surface area contributed by atoms with Crippen molar-refractivity contribution in [2.24, 2.45) is 5.10 Å². The zero-order valence-electron chi connectivity index (χ0n) is 21.1. The summed E-state index contributed by atoms with van der Waals surface area (Å²) in [7, 11) is 3.07. The van der Waals surface area contributed by atoms with Crippen LogP contribution in [0.3, 0.4) is 0 Å². The van der Waals surface area contributed by atoms with E-state index in [9.17, 15) is 4.79 Å². The third-order valence-electron chi connectivity index (χ3n) is 5.27. The molecule has 0 fully saturated rings. The number of para-hydroxylation sites is 1. The first-order valence-corrected chi connectivity index (χ1v) is 12.9. The first kappa shape index (κ1) is 27.6. The van der Waals surface area contributed by atoms with Crippen LogP contribution in [0, 0.1) is 0 Å². The SMILES string of the molecule is COc1ccc(OC)c(NC(=O)CSc2nnc(N/N=C/c3ccccc3OCc3ccc(Cl)cc3)n2N)c1. The lowest BCUT2D eigenvalue weighted by molar-refractivity contribution is -0.113. The molecule has 0 radical (unpaired) electrons. The number of thioether (sulfide) groups is 1. The van der Waals surface area contributed by atoms with E-state index in [4.69, 9.17) is 31.7 Å². The van der Waals surface area contributed by atoms with Crippen molar-refractivity contribution in [3.8, 4) is 17.2 Å². The van der Waals surface area contributed by atoms with Crippen molar-refractivity contribution in [3.05, 3.63) is 82.9 Å². The molecule has 1 aromatic heterocycles. The molecule has 0 spiro atoms. The minimum atomic E-state index is -0.280. The Morgan fingerprint density at radius 3 is 2.64 bits per heavy atom. The molecule has 4 aromatic rings. The maximum atomic E-state index is 12.5. The Kier molecular flexibility index (Phi) is 9.48. The van der Waals surface area contributed by atoms with Gasteiger partial charge < -0.3 is 25.4 Å². The quantitative estimate of drug-likeness (QED) is 0.0982. The summed E-state index contributed by atoms with van der Waals surface area (Å²) in [4.78, 5) is 12.5. The summed E-state index contributed by atoms with van der Waals surface area (Å²) in [6.45, 7) is 0.380. The molecule has 1 amide bonds. The fourth-order valence-electron chi connectivity index (χ4n) is 3.30. The second kappa shape index (κ2) is 13.4. The third kappa shape index (κ3) is 7.55. The number of hydrogen-bond acceptors (Lipinski definition) is 10. The van der Waals surface area contributed by atoms with Crippen LogP contribution in [0.4, 0.5) is 11.6 Å². The van der Waals surface area contributed by atoms with Crippen LogP contribution in [0.1, 0.15) is 11.1 Å². The van der Waals surface area contributed by atoms with Gasteiger partial charge in [0.1, 0.15) is 23.9 Å². The van der Waals surface area contributed by atoms with Crippen molar-refractivity contribution < 1.29 is 19.0 Å². The Bertz CT molecular complexity index is 1450. The number of anilines is 2. The molecular formula is C26H26ClN7O4S. The second-order valence-electron chi connectivity index (χ2n) is 7.90. The molecule has 4 rings (SSSR count). The molecule has 0 saturated heterocycles. The molecule has 1 heterocycles. The first-order chi connectivity index (χ1) is 19.0. The van der Waals surface area contributed by atoms with E-state index in [1.165, 1.54) is 11.8 Å². The van der Waals surface area contributed by atoms with Gasteiger partial charge in [-0.05, 0) is 42.0 Å². The fraction of sp³-hybridized carbons (Fsp3) is 0.154. The van der Waals surface area contributed by atoms with E-state index in [1.807, 2.05) is 48.5 Å². The number of ether oxygens (including phenoxy) is 3. The second-order valence-corrected chi connectivity index (χ2v) is 9.28. The Morgan fingerprint density at radius 2 is 1.87 bits per heavy atom. The highest BCUT2D eigenvalue weighted by atomic mass is 35.5. The van der Waals surface area contributed by atoms with Crippen LogP contribution in [-0.2, 0) is 11.4 Å². The van der Waals surface area contributed by atoms with E-state index >= 15 is 0 Å². The summed E-state index contributed by atoms with van der Waals surface area (Å²) in [5.74, 6) is 7.80. The largest absolute Gasteiger partial charge is 0.497 e. The molecule has 13 heteroatoms. The smallest absolute Gasteiger partial charge is 0.264 e. The van der Waals surface area contributed by atoms with Crippen LogP contribution in [0.2, 0.25) is 5.02 Å². The molecule has 39 heavy (non-hydrogen) atoms. The summed E-state index contributed by atoms with van der Waals surface area (Å²) in [6, 6.07) is 20.0. The summed E-state index contributed by atoms with van der Waals surface area (Å²) < 4.78 is 17.6.